The van der Waals surface area contributed by atoms with Gasteiger partial charge in [0.05, 0.1) is 17.3 Å². The molecule has 5 nitrogen and oxygen atoms in total. The van der Waals surface area contributed by atoms with Crippen molar-refractivity contribution < 1.29 is 13.1 Å². The molecule has 1 aromatic carbocycles. The zero-order valence-corrected chi connectivity index (χ0v) is 13.2. The molecule has 0 spiro atoms. The van der Waals surface area contributed by atoms with Crippen molar-refractivity contribution in [1.82, 2.24) is 4.98 Å². The average molecular weight is 317 g/mol. The molecule has 0 bridgehead atoms. The third kappa shape index (κ3) is 2.74. The van der Waals surface area contributed by atoms with E-state index in [0.29, 0.717) is 12.2 Å². The fraction of sp³-hybridized carbons (Fsp3) is 0.267. The van der Waals surface area contributed by atoms with Gasteiger partial charge in [-0.2, -0.15) is 0 Å². The number of pyridine rings is 1. The molecule has 0 saturated heterocycles. The van der Waals surface area contributed by atoms with Gasteiger partial charge in [-0.1, -0.05) is 25.0 Å². The van der Waals surface area contributed by atoms with Crippen molar-refractivity contribution in [3.63, 3.8) is 0 Å². The van der Waals surface area contributed by atoms with Gasteiger partial charge >= 0.3 is 6.92 Å². The number of aryl methyl sites for hydroxylation is 1. The predicted molar refractivity (Wildman–Crippen MR) is 85.2 cm³/mol. The molecule has 0 aliphatic carbocycles. The summed E-state index contributed by atoms with van der Waals surface area (Å²) in [6.07, 6.45) is 1.27. The predicted octanol–water partition coefficient (Wildman–Crippen LogP) is 1.02. The first-order valence-corrected chi connectivity index (χ1v) is 8.67. The summed E-state index contributed by atoms with van der Waals surface area (Å²) in [5.41, 5.74) is 3.03. The van der Waals surface area contributed by atoms with E-state index in [2.05, 4.69) is 4.98 Å². The van der Waals surface area contributed by atoms with Crippen LogP contribution in [0.5, 0.6) is 0 Å². The molecule has 1 N–H and O–H groups in total. The quantitative estimate of drug-likeness (QED) is 0.858. The van der Waals surface area contributed by atoms with Crippen LogP contribution in [0.15, 0.2) is 40.2 Å². The summed E-state index contributed by atoms with van der Waals surface area (Å²) in [7, 11) is -3.51. The van der Waals surface area contributed by atoms with Gasteiger partial charge in [0.2, 0.25) is 5.56 Å². The van der Waals surface area contributed by atoms with Crippen molar-refractivity contribution in [1.29, 1.82) is 0 Å². The Kier molecular flexibility index (Phi) is 3.70. The number of aromatic nitrogens is 1. The molecule has 1 aliphatic heterocycles. The van der Waals surface area contributed by atoms with Crippen LogP contribution in [-0.4, -0.2) is 20.3 Å². The molecule has 3 rings (SSSR count). The lowest BCUT2D eigenvalue weighted by Gasteiger charge is -2.09. The smallest absolute Gasteiger partial charge is 0.324 e. The monoisotopic (exact) mass is 317 g/mol. The number of aromatic amines is 1. The van der Waals surface area contributed by atoms with Crippen molar-refractivity contribution in [3.05, 3.63) is 57.5 Å². The van der Waals surface area contributed by atoms with Gasteiger partial charge in [-0.25, -0.2) is 8.42 Å². The molecule has 0 amide bonds. The fourth-order valence-electron chi connectivity index (χ4n) is 2.74. The zero-order valence-electron chi connectivity index (χ0n) is 12.4. The second-order valence-electron chi connectivity index (χ2n) is 5.59. The van der Waals surface area contributed by atoms with Crippen LogP contribution < -0.4 is 11.0 Å². The van der Waals surface area contributed by atoms with Gasteiger partial charge in [0, 0.05) is 12.3 Å². The minimum absolute atomic E-state index is 0.00697. The van der Waals surface area contributed by atoms with E-state index >= 15 is 0 Å². The first-order chi connectivity index (χ1) is 10.4. The Morgan fingerprint density at radius 2 is 2.09 bits per heavy atom. The van der Waals surface area contributed by atoms with Gasteiger partial charge in [-0.05, 0) is 29.1 Å². The lowest BCUT2D eigenvalue weighted by Crippen LogP contribution is -2.25. The Morgan fingerprint density at radius 3 is 2.82 bits per heavy atom. The van der Waals surface area contributed by atoms with Crippen LogP contribution >= 0.6 is 0 Å². The molecule has 2 aromatic rings. The lowest BCUT2D eigenvalue weighted by molar-refractivity contribution is 0.333. The van der Waals surface area contributed by atoms with Gasteiger partial charge in [0.15, 0.2) is 9.84 Å². The number of benzene rings is 1. The van der Waals surface area contributed by atoms with Crippen molar-refractivity contribution in [3.8, 4) is 0 Å². The Balaban J connectivity index is 1.95. The van der Waals surface area contributed by atoms with Gasteiger partial charge < -0.3 is 9.64 Å². The number of fused-ring (bicyclic) bond motifs is 1. The van der Waals surface area contributed by atoms with Crippen molar-refractivity contribution in [2.75, 3.05) is 0 Å². The molecule has 1 aliphatic rings. The molecule has 0 unspecified atom stereocenters. The van der Waals surface area contributed by atoms with E-state index in [-0.39, 0.29) is 23.1 Å². The summed E-state index contributed by atoms with van der Waals surface area (Å²) in [6.45, 7) is 4.15. The summed E-state index contributed by atoms with van der Waals surface area (Å²) < 4.78 is 30.7. The van der Waals surface area contributed by atoms with E-state index in [1.807, 2.05) is 25.0 Å². The maximum absolute atomic E-state index is 12.6. The second kappa shape index (κ2) is 5.41. The molecule has 114 valence electrons. The minimum atomic E-state index is -3.51. The van der Waals surface area contributed by atoms with Crippen LogP contribution in [0.2, 0.25) is 6.82 Å². The highest BCUT2D eigenvalue weighted by atomic mass is 32.2. The van der Waals surface area contributed by atoms with Crippen LogP contribution in [0.25, 0.3) is 0 Å². The first-order valence-electron chi connectivity index (χ1n) is 7.02. The fourth-order valence-corrected chi connectivity index (χ4v) is 4.30. The van der Waals surface area contributed by atoms with E-state index < -0.39 is 9.84 Å². The number of sulfone groups is 1. The summed E-state index contributed by atoms with van der Waals surface area (Å²) in [4.78, 5) is 13.8. The Bertz CT molecular complexity index is 889. The summed E-state index contributed by atoms with van der Waals surface area (Å²) >= 11 is 0. The van der Waals surface area contributed by atoms with E-state index in [0.717, 1.165) is 16.6 Å². The van der Waals surface area contributed by atoms with E-state index in [9.17, 15) is 13.2 Å². The summed E-state index contributed by atoms with van der Waals surface area (Å²) in [5.74, 6) is -0.0973. The zero-order chi connectivity index (χ0) is 15.9. The SMILES string of the molecule is CB1OCc2ccc(CS(=O)(=O)c3c[nH]c(=O)cc3C)cc21. The lowest BCUT2D eigenvalue weighted by atomic mass is 9.64. The van der Waals surface area contributed by atoms with E-state index in [1.54, 1.807) is 6.92 Å². The molecule has 0 fully saturated rings. The first kappa shape index (κ1) is 15.1. The molecule has 0 radical (unpaired) electrons. The molecule has 0 saturated carbocycles. The molecular formula is C15H16BNO4S. The Morgan fingerprint density at radius 1 is 1.32 bits per heavy atom. The van der Waals surface area contributed by atoms with Crippen molar-refractivity contribution >= 4 is 22.2 Å². The van der Waals surface area contributed by atoms with Crippen LogP contribution in [-0.2, 0) is 26.9 Å². The third-order valence-corrected chi connectivity index (χ3v) is 5.73. The van der Waals surface area contributed by atoms with Crippen LogP contribution in [0.3, 0.4) is 0 Å². The number of hydrogen-bond donors (Lipinski definition) is 1. The van der Waals surface area contributed by atoms with Crippen LogP contribution in [0.1, 0.15) is 16.7 Å². The van der Waals surface area contributed by atoms with Gasteiger partial charge in [0.1, 0.15) is 0 Å². The van der Waals surface area contributed by atoms with Crippen LogP contribution in [0.4, 0.5) is 0 Å². The topological polar surface area (TPSA) is 76.2 Å². The Hall–Kier alpha value is -1.86. The molecule has 22 heavy (non-hydrogen) atoms. The van der Waals surface area contributed by atoms with Crippen molar-refractivity contribution in [2.24, 2.45) is 0 Å². The minimum Gasteiger partial charge on any atom is -0.427 e. The Labute approximate surface area is 129 Å². The second-order valence-corrected chi connectivity index (χ2v) is 7.55. The average Bonchev–Trinajstić information content (AvgIpc) is 2.79. The number of hydrogen-bond acceptors (Lipinski definition) is 4. The standard InChI is InChI=1S/C15H16BNO4S/c1-10-5-15(18)17-7-14(10)22(19,20)9-11-3-4-12-8-21-16(2)13(12)6-11/h3-7H,8-9H2,1-2H3,(H,17,18). The number of H-pyrrole nitrogens is 1. The largest absolute Gasteiger partial charge is 0.427 e. The van der Waals surface area contributed by atoms with Crippen molar-refractivity contribution in [2.45, 2.75) is 31.0 Å². The third-order valence-electron chi connectivity index (χ3n) is 3.91. The number of nitrogens with one attached hydrogen (secondary N) is 1. The maximum Gasteiger partial charge on any atom is 0.324 e. The van der Waals surface area contributed by atoms with Gasteiger partial charge in [-0.3, -0.25) is 4.79 Å². The highest BCUT2D eigenvalue weighted by Crippen LogP contribution is 2.19. The maximum atomic E-state index is 12.6. The van der Waals surface area contributed by atoms with E-state index in [4.69, 9.17) is 4.65 Å². The number of rotatable bonds is 3. The van der Waals surface area contributed by atoms with Gasteiger partial charge in [0.25, 0.3) is 0 Å². The van der Waals surface area contributed by atoms with Gasteiger partial charge in [-0.15, -0.1) is 0 Å². The summed E-state index contributed by atoms with van der Waals surface area (Å²) in [6, 6.07) is 6.93. The highest BCUT2D eigenvalue weighted by Gasteiger charge is 2.25. The molecule has 1 aromatic heterocycles. The molecular weight excluding hydrogens is 301 g/mol. The van der Waals surface area contributed by atoms with Crippen LogP contribution in [0, 0.1) is 6.92 Å². The molecule has 7 heteroatoms. The molecule has 2 heterocycles. The highest BCUT2D eigenvalue weighted by molar-refractivity contribution is 7.90. The summed E-state index contributed by atoms with van der Waals surface area (Å²) in [5, 5.41) is 0. The van der Waals surface area contributed by atoms with E-state index in [1.165, 1.54) is 12.3 Å². The normalized spacial score (nSPS) is 14.2. The molecule has 0 atom stereocenters.